The Hall–Kier alpha value is -2.12. The number of hydrogen-bond acceptors (Lipinski definition) is 4. The summed E-state index contributed by atoms with van der Waals surface area (Å²) >= 11 is 0. The summed E-state index contributed by atoms with van der Waals surface area (Å²) in [5.41, 5.74) is 0.796. The van der Waals surface area contributed by atoms with E-state index in [0.717, 1.165) is 6.54 Å². The predicted octanol–water partition coefficient (Wildman–Crippen LogP) is 0.606. The van der Waals surface area contributed by atoms with Crippen LogP contribution in [0.1, 0.15) is 10.4 Å². The SMILES string of the molecule is COCCN(C)CCn1c(=O)[nH]c2c(C(=O)O)cccc21. The van der Waals surface area contributed by atoms with Gasteiger partial charge in [-0.2, -0.15) is 0 Å². The van der Waals surface area contributed by atoms with Crippen LogP contribution in [-0.4, -0.2) is 59.4 Å². The molecule has 114 valence electrons. The third kappa shape index (κ3) is 3.32. The average molecular weight is 293 g/mol. The lowest BCUT2D eigenvalue weighted by Gasteiger charge is -2.16. The summed E-state index contributed by atoms with van der Waals surface area (Å²) < 4.78 is 6.56. The number of imidazole rings is 1. The van der Waals surface area contributed by atoms with Gasteiger partial charge in [0.15, 0.2) is 0 Å². The number of fused-ring (bicyclic) bond motifs is 1. The van der Waals surface area contributed by atoms with E-state index >= 15 is 0 Å². The van der Waals surface area contributed by atoms with Crippen LogP contribution in [0.15, 0.2) is 23.0 Å². The molecule has 7 nitrogen and oxygen atoms in total. The molecule has 0 fully saturated rings. The van der Waals surface area contributed by atoms with Gasteiger partial charge in [0, 0.05) is 26.7 Å². The molecule has 2 aromatic rings. The van der Waals surface area contributed by atoms with Gasteiger partial charge in [0.25, 0.3) is 0 Å². The van der Waals surface area contributed by atoms with Crippen LogP contribution in [0, 0.1) is 0 Å². The summed E-state index contributed by atoms with van der Waals surface area (Å²) in [6, 6.07) is 4.87. The minimum atomic E-state index is -1.05. The molecular formula is C14H19N3O4. The predicted molar refractivity (Wildman–Crippen MR) is 78.9 cm³/mol. The van der Waals surface area contributed by atoms with Crippen LogP contribution in [0.4, 0.5) is 0 Å². The quantitative estimate of drug-likeness (QED) is 0.781. The fraction of sp³-hybridized carbons (Fsp3) is 0.429. The van der Waals surface area contributed by atoms with Crippen molar-refractivity contribution in [3.63, 3.8) is 0 Å². The fourth-order valence-corrected chi connectivity index (χ4v) is 2.21. The normalized spacial score (nSPS) is 11.4. The van der Waals surface area contributed by atoms with E-state index in [1.165, 1.54) is 6.07 Å². The maximum atomic E-state index is 12.0. The van der Waals surface area contributed by atoms with E-state index < -0.39 is 5.97 Å². The minimum absolute atomic E-state index is 0.107. The second-order valence-corrected chi connectivity index (χ2v) is 4.88. The largest absolute Gasteiger partial charge is 0.478 e. The Balaban J connectivity index is 2.25. The molecule has 21 heavy (non-hydrogen) atoms. The number of benzene rings is 1. The zero-order valence-electron chi connectivity index (χ0n) is 12.1. The first-order chi connectivity index (χ1) is 10.0. The molecule has 7 heteroatoms. The molecule has 0 radical (unpaired) electrons. The van der Waals surface area contributed by atoms with Gasteiger partial charge in [0.05, 0.1) is 23.2 Å². The number of aromatic nitrogens is 2. The monoisotopic (exact) mass is 293 g/mol. The molecule has 0 atom stereocenters. The van der Waals surface area contributed by atoms with Gasteiger partial charge in [-0.1, -0.05) is 6.07 Å². The van der Waals surface area contributed by atoms with Crippen LogP contribution in [0.2, 0.25) is 0 Å². The first kappa shape index (κ1) is 15.3. The van der Waals surface area contributed by atoms with E-state index in [1.54, 1.807) is 23.8 Å². The maximum absolute atomic E-state index is 12.0. The molecule has 2 N–H and O–H groups in total. The lowest BCUT2D eigenvalue weighted by molar-refractivity contribution is 0.0699. The van der Waals surface area contributed by atoms with Crippen molar-refractivity contribution < 1.29 is 14.6 Å². The number of carboxylic acids is 1. The molecule has 0 aliphatic rings. The molecule has 0 saturated heterocycles. The lowest BCUT2D eigenvalue weighted by Crippen LogP contribution is -2.29. The standard InChI is InChI=1S/C14H19N3O4/c1-16(8-9-21-2)6-7-17-11-5-3-4-10(13(18)19)12(11)15-14(17)20/h3-5H,6-9H2,1-2H3,(H,15,20)(H,18,19). The molecule has 2 rings (SSSR count). The first-order valence-corrected chi connectivity index (χ1v) is 6.67. The van der Waals surface area contributed by atoms with Gasteiger partial charge in [0.2, 0.25) is 0 Å². The van der Waals surface area contributed by atoms with Crippen molar-refractivity contribution in [2.75, 3.05) is 33.9 Å². The highest BCUT2D eigenvalue weighted by atomic mass is 16.5. The third-order valence-corrected chi connectivity index (χ3v) is 3.42. The summed E-state index contributed by atoms with van der Waals surface area (Å²) in [6.07, 6.45) is 0. The Morgan fingerprint density at radius 1 is 1.43 bits per heavy atom. The van der Waals surface area contributed by atoms with Gasteiger partial charge in [-0.3, -0.25) is 4.57 Å². The number of nitrogens with one attached hydrogen (secondary N) is 1. The van der Waals surface area contributed by atoms with Crippen LogP contribution in [0.3, 0.4) is 0 Å². The number of likely N-dealkylation sites (N-methyl/N-ethyl adjacent to an activating group) is 1. The Kier molecular flexibility index (Phi) is 4.77. The van der Waals surface area contributed by atoms with E-state index in [4.69, 9.17) is 9.84 Å². The van der Waals surface area contributed by atoms with Crippen molar-refractivity contribution in [1.82, 2.24) is 14.5 Å². The molecule has 1 aromatic carbocycles. The summed E-state index contributed by atoms with van der Waals surface area (Å²) in [6.45, 7) is 2.56. The summed E-state index contributed by atoms with van der Waals surface area (Å²) in [4.78, 5) is 27.9. The van der Waals surface area contributed by atoms with Gasteiger partial charge >= 0.3 is 11.7 Å². The molecule has 0 bridgehead atoms. The number of hydrogen-bond donors (Lipinski definition) is 2. The number of rotatable bonds is 7. The van der Waals surface area contributed by atoms with Gasteiger partial charge in [-0.25, -0.2) is 9.59 Å². The molecule has 0 spiro atoms. The number of carboxylic acid groups (broad SMARTS) is 1. The maximum Gasteiger partial charge on any atom is 0.337 e. The number of ether oxygens (including phenoxy) is 1. The number of nitrogens with zero attached hydrogens (tertiary/aromatic N) is 2. The van der Waals surface area contributed by atoms with Crippen molar-refractivity contribution in [1.29, 1.82) is 0 Å². The minimum Gasteiger partial charge on any atom is -0.478 e. The van der Waals surface area contributed by atoms with Crippen LogP contribution in [0.25, 0.3) is 11.0 Å². The van der Waals surface area contributed by atoms with Crippen LogP contribution in [-0.2, 0) is 11.3 Å². The Morgan fingerprint density at radius 3 is 2.86 bits per heavy atom. The lowest BCUT2D eigenvalue weighted by atomic mass is 10.2. The molecule has 0 unspecified atom stereocenters. The van der Waals surface area contributed by atoms with E-state index in [1.807, 2.05) is 7.05 Å². The molecular weight excluding hydrogens is 274 g/mol. The zero-order valence-corrected chi connectivity index (χ0v) is 12.1. The number of H-pyrrole nitrogens is 1. The Bertz CT molecular complexity index is 689. The topological polar surface area (TPSA) is 87.6 Å². The van der Waals surface area contributed by atoms with E-state index in [0.29, 0.717) is 30.7 Å². The Labute approximate surface area is 121 Å². The van der Waals surface area contributed by atoms with Gasteiger partial charge in [-0.15, -0.1) is 0 Å². The van der Waals surface area contributed by atoms with Crippen LogP contribution in [0.5, 0.6) is 0 Å². The smallest absolute Gasteiger partial charge is 0.337 e. The first-order valence-electron chi connectivity index (χ1n) is 6.67. The van der Waals surface area contributed by atoms with Crippen molar-refractivity contribution >= 4 is 17.0 Å². The molecule has 0 amide bonds. The second kappa shape index (κ2) is 6.55. The Morgan fingerprint density at radius 2 is 2.19 bits per heavy atom. The molecule has 0 aliphatic heterocycles. The third-order valence-electron chi connectivity index (χ3n) is 3.42. The van der Waals surface area contributed by atoms with Crippen molar-refractivity contribution in [3.8, 4) is 0 Å². The number of aromatic carboxylic acids is 1. The number of methoxy groups -OCH3 is 1. The van der Waals surface area contributed by atoms with Gasteiger partial charge in [0.1, 0.15) is 0 Å². The van der Waals surface area contributed by atoms with Crippen LogP contribution < -0.4 is 5.69 Å². The summed E-state index contributed by atoms with van der Waals surface area (Å²) in [5.74, 6) is -1.05. The van der Waals surface area contributed by atoms with Gasteiger partial charge in [-0.05, 0) is 19.2 Å². The number of aromatic amines is 1. The highest BCUT2D eigenvalue weighted by Crippen LogP contribution is 2.15. The van der Waals surface area contributed by atoms with Crippen molar-refractivity contribution in [2.45, 2.75) is 6.54 Å². The molecule has 1 heterocycles. The highest BCUT2D eigenvalue weighted by molar-refractivity contribution is 6.00. The molecule has 1 aromatic heterocycles. The number of carbonyl (C=O) groups is 1. The van der Waals surface area contributed by atoms with Gasteiger partial charge < -0.3 is 19.7 Å². The molecule has 0 aliphatic carbocycles. The van der Waals surface area contributed by atoms with Crippen molar-refractivity contribution in [2.24, 2.45) is 0 Å². The molecule has 0 saturated carbocycles. The van der Waals surface area contributed by atoms with E-state index in [9.17, 15) is 9.59 Å². The fourth-order valence-electron chi connectivity index (χ4n) is 2.21. The highest BCUT2D eigenvalue weighted by Gasteiger charge is 2.14. The number of para-hydroxylation sites is 1. The summed E-state index contributed by atoms with van der Waals surface area (Å²) in [7, 11) is 3.59. The van der Waals surface area contributed by atoms with E-state index in [2.05, 4.69) is 9.88 Å². The van der Waals surface area contributed by atoms with E-state index in [-0.39, 0.29) is 11.3 Å². The summed E-state index contributed by atoms with van der Waals surface area (Å²) in [5, 5.41) is 9.14. The average Bonchev–Trinajstić information content (AvgIpc) is 2.77. The second-order valence-electron chi connectivity index (χ2n) is 4.88. The zero-order chi connectivity index (χ0) is 15.4. The van der Waals surface area contributed by atoms with Crippen LogP contribution >= 0.6 is 0 Å². The van der Waals surface area contributed by atoms with Crippen molar-refractivity contribution in [3.05, 3.63) is 34.2 Å².